The zero-order valence-electron chi connectivity index (χ0n) is 19.3. The van der Waals surface area contributed by atoms with Gasteiger partial charge in [-0.2, -0.15) is 5.10 Å². The Balaban J connectivity index is 1.50. The molecule has 1 amide bonds. The molecule has 8 heteroatoms. The van der Waals surface area contributed by atoms with Crippen LogP contribution in [-0.2, 0) is 15.0 Å². The van der Waals surface area contributed by atoms with E-state index in [9.17, 15) is 14.0 Å². The molecule has 178 valence electrons. The van der Waals surface area contributed by atoms with Gasteiger partial charge in [0.1, 0.15) is 35.6 Å². The first kappa shape index (κ1) is 22.5. The Morgan fingerprint density at radius 1 is 1.24 bits per heavy atom. The van der Waals surface area contributed by atoms with Crippen molar-refractivity contribution in [3.8, 4) is 5.75 Å². The van der Waals surface area contributed by atoms with Gasteiger partial charge in [0.05, 0.1) is 5.41 Å². The van der Waals surface area contributed by atoms with Gasteiger partial charge < -0.3 is 15.0 Å². The maximum Gasteiger partial charge on any atom is 0.221 e. The van der Waals surface area contributed by atoms with Crippen molar-refractivity contribution in [3.05, 3.63) is 59.9 Å². The van der Waals surface area contributed by atoms with Crippen LogP contribution >= 0.6 is 0 Å². The molecule has 3 aliphatic heterocycles. The molecule has 2 atom stereocenters. The van der Waals surface area contributed by atoms with E-state index in [4.69, 9.17) is 9.84 Å². The number of anilines is 1. The molecule has 0 saturated carbocycles. The molecule has 5 rings (SSSR count). The molecule has 3 aliphatic rings. The minimum absolute atomic E-state index is 0.0888. The van der Waals surface area contributed by atoms with Gasteiger partial charge >= 0.3 is 0 Å². The van der Waals surface area contributed by atoms with E-state index in [1.807, 2.05) is 30.3 Å². The number of hydrogen-bond donors (Lipinski definition) is 1. The van der Waals surface area contributed by atoms with Crippen LogP contribution in [-0.4, -0.2) is 61.1 Å². The molecule has 34 heavy (non-hydrogen) atoms. The summed E-state index contributed by atoms with van der Waals surface area (Å²) in [4.78, 5) is 27.0. The molecule has 2 aromatic rings. The Hall–Kier alpha value is -3.26. The van der Waals surface area contributed by atoms with Gasteiger partial charge in [0, 0.05) is 39.0 Å². The van der Waals surface area contributed by atoms with Crippen LogP contribution in [0, 0.1) is 5.82 Å². The average Bonchev–Trinajstić information content (AvgIpc) is 3.05. The SMILES string of the molecule is CC(=O)C1=NN2c3cc(F)ccc3OCC2[C@@]1(CCCN1CCNC(=O)CC1)c1ccccc1. The molecule has 1 unspecified atom stereocenters. The van der Waals surface area contributed by atoms with Crippen molar-refractivity contribution in [1.29, 1.82) is 0 Å². The highest BCUT2D eigenvalue weighted by Gasteiger charge is 2.55. The molecule has 0 spiro atoms. The number of hydrogen-bond acceptors (Lipinski definition) is 6. The van der Waals surface area contributed by atoms with Crippen molar-refractivity contribution in [2.75, 3.05) is 37.8 Å². The first-order valence-corrected chi connectivity index (χ1v) is 11.9. The highest BCUT2D eigenvalue weighted by atomic mass is 19.1. The third-order valence-electron chi connectivity index (χ3n) is 7.13. The lowest BCUT2D eigenvalue weighted by Crippen LogP contribution is -2.54. The van der Waals surface area contributed by atoms with Crippen molar-refractivity contribution < 1.29 is 18.7 Å². The van der Waals surface area contributed by atoms with Crippen molar-refractivity contribution in [3.63, 3.8) is 0 Å². The summed E-state index contributed by atoms with van der Waals surface area (Å²) < 4.78 is 20.2. The lowest BCUT2D eigenvalue weighted by molar-refractivity contribution is -0.120. The maximum absolute atomic E-state index is 14.2. The van der Waals surface area contributed by atoms with E-state index in [-0.39, 0.29) is 23.5 Å². The van der Waals surface area contributed by atoms with Crippen molar-refractivity contribution >= 4 is 23.1 Å². The van der Waals surface area contributed by atoms with Gasteiger partial charge in [0.15, 0.2) is 5.78 Å². The molecule has 0 bridgehead atoms. The number of carbonyl (C=O) groups is 2. The molecule has 0 radical (unpaired) electrons. The number of hydrazone groups is 1. The van der Waals surface area contributed by atoms with E-state index in [0.717, 1.165) is 31.6 Å². The van der Waals surface area contributed by atoms with Gasteiger partial charge in [-0.05, 0) is 37.1 Å². The topological polar surface area (TPSA) is 74.2 Å². The number of benzene rings is 2. The molecule has 1 fully saturated rings. The number of ketones is 1. The lowest BCUT2D eigenvalue weighted by Gasteiger charge is -2.41. The van der Waals surface area contributed by atoms with E-state index >= 15 is 0 Å². The van der Waals surface area contributed by atoms with Gasteiger partial charge in [-0.25, -0.2) is 4.39 Å². The van der Waals surface area contributed by atoms with E-state index in [1.54, 1.807) is 18.0 Å². The van der Waals surface area contributed by atoms with Gasteiger partial charge in [-0.15, -0.1) is 0 Å². The summed E-state index contributed by atoms with van der Waals surface area (Å²) in [7, 11) is 0. The van der Waals surface area contributed by atoms with Crippen LogP contribution in [0.1, 0.15) is 31.7 Å². The van der Waals surface area contributed by atoms with Gasteiger partial charge in [0.25, 0.3) is 0 Å². The van der Waals surface area contributed by atoms with Crippen LogP contribution in [0.2, 0.25) is 0 Å². The number of nitrogens with one attached hydrogen (secondary N) is 1. The molecule has 2 aromatic carbocycles. The monoisotopic (exact) mass is 464 g/mol. The minimum Gasteiger partial charge on any atom is -0.489 e. The Kier molecular flexibility index (Phi) is 6.08. The van der Waals surface area contributed by atoms with Crippen molar-refractivity contribution in [2.24, 2.45) is 5.10 Å². The van der Waals surface area contributed by atoms with Gasteiger partial charge in [-0.3, -0.25) is 14.6 Å². The largest absolute Gasteiger partial charge is 0.489 e. The Labute approximate surface area is 198 Å². The standard InChI is InChI=1S/C26H29FN4O3/c1-18(32)25-26(19-6-3-2-4-7-19,11-5-13-30-14-10-24(33)28-12-15-30)23-17-34-22-9-8-20(27)16-21(22)31(23)29-25/h2-4,6-9,16,23H,5,10-15,17H2,1H3,(H,28,33)/t23?,26-/m1/s1. The summed E-state index contributed by atoms with van der Waals surface area (Å²) in [5.74, 6) is 0.186. The number of halogens is 1. The molecular formula is C26H29FN4O3. The summed E-state index contributed by atoms with van der Waals surface area (Å²) in [5, 5.41) is 9.50. The molecule has 0 aliphatic carbocycles. The quantitative estimate of drug-likeness (QED) is 0.712. The number of Topliss-reactive ketones (excluding diaryl/α,β-unsaturated/α-hetero) is 1. The fourth-order valence-corrected chi connectivity index (χ4v) is 5.53. The van der Waals surface area contributed by atoms with Crippen LogP contribution in [0.25, 0.3) is 0 Å². The number of ether oxygens (including phenoxy) is 1. The predicted octanol–water partition coefficient (Wildman–Crippen LogP) is 2.89. The first-order chi connectivity index (χ1) is 16.5. The van der Waals surface area contributed by atoms with E-state index in [1.165, 1.54) is 12.1 Å². The first-order valence-electron chi connectivity index (χ1n) is 11.9. The average molecular weight is 465 g/mol. The second kappa shape index (κ2) is 9.18. The van der Waals surface area contributed by atoms with Crippen LogP contribution in [0.5, 0.6) is 5.75 Å². The van der Waals surface area contributed by atoms with Crippen LogP contribution in [0.4, 0.5) is 10.1 Å². The molecular weight excluding hydrogens is 435 g/mol. The Bertz CT molecular complexity index is 1120. The number of fused-ring (bicyclic) bond motifs is 3. The Morgan fingerprint density at radius 2 is 2.06 bits per heavy atom. The Morgan fingerprint density at radius 3 is 2.85 bits per heavy atom. The van der Waals surface area contributed by atoms with E-state index in [0.29, 0.717) is 43.1 Å². The molecule has 1 saturated heterocycles. The van der Waals surface area contributed by atoms with Gasteiger partial charge in [-0.1, -0.05) is 30.3 Å². The van der Waals surface area contributed by atoms with Crippen LogP contribution < -0.4 is 15.1 Å². The smallest absolute Gasteiger partial charge is 0.221 e. The third-order valence-corrected chi connectivity index (χ3v) is 7.13. The molecule has 1 N–H and O–H groups in total. The number of nitrogens with zero attached hydrogens (tertiary/aromatic N) is 3. The van der Waals surface area contributed by atoms with E-state index < -0.39 is 5.41 Å². The predicted molar refractivity (Wildman–Crippen MR) is 128 cm³/mol. The minimum atomic E-state index is -0.684. The number of amides is 1. The molecule has 7 nitrogen and oxygen atoms in total. The molecule has 3 heterocycles. The summed E-state index contributed by atoms with van der Waals surface area (Å²) in [6.45, 7) is 4.89. The second-order valence-corrected chi connectivity index (χ2v) is 9.17. The highest BCUT2D eigenvalue weighted by Crippen LogP contribution is 2.48. The zero-order valence-corrected chi connectivity index (χ0v) is 19.3. The van der Waals surface area contributed by atoms with Crippen LogP contribution in [0.15, 0.2) is 53.6 Å². The summed E-state index contributed by atoms with van der Waals surface area (Å²) >= 11 is 0. The maximum atomic E-state index is 14.2. The number of rotatable bonds is 6. The zero-order chi connectivity index (χ0) is 23.7. The fraction of sp³-hybridized carbons (Fsp3) is 0.423. The second-order valence-electron chi connectivity index (χ2n) is 9.17. The highest BCUT2D eigenvalue weighted by molar-refractivity contribution is 6.43. The summed E-state index contributed by atoms with van der Waals surface area (Å²) in [6.07, 6.45) is 1.99. The van der Waals surface area contributed by atoms with Crippen LogP contribution in [0.3, 0.4) is 0 Å². The normalized spacial score (nSPS) is 24.4. The van der Waals surface area contributed by atoms with Crippen molar-refractivity contribution in [2.45, 2.75) is 37.6 Å². The summed E-state index contributed by atoms with van der Waals surface area (Å²) in [6, 6.07) is 14.1. The lowest BCUT2D eigenvalue weighted by atomic mass is 9.67. The number of carbonyl (C=O) groups excluding carboxylic acids is 2. The third kappa shape index (κ3) is 3.96. The van der Waals surface area contributed by atoms with E-state index in [2.05, 4.69) is 10.2 Å². The van der Waals surface area contributed by atoms with Gasteiger partial charge in [0.2, 0.25) is 5.91 Å². The fourth-order valence-electron chi connectivity index (χ4n) is 5.53. The molecule has 0 aromatic heterocycles. The summed E-state index contributed by atoms with van der Waals surface area (Å²) in [5.41, 5.74) is 1.35. The van der Waals surface area contributed by atoms with Crippen molar-refractivity contribution in [1.82, 2.24) is 10.2 Å².